The Morgan fingerprint density at radius 1 is 1.00 bits per heavy atom. The van der Waals surface area contributed by atoms with Crippen molar-refractivity contribution in [1.29, 1.82) is 0 Å². The minimum atomic E-state index is -4.60. The fourth-order valence-electron chi connectivity index (χ4n) is 4.86. The molecule has 2 saturated heterocycles. The zero-order chi connectivity index (χ0) is 20.6. The second-order valence-electron chi connectivity index (χ2n) is 8.12. The number of Topliss-reactive ketones (excluding diaryl/α,β-unsaturated/α-hetero) is 1. The molecule has 2 aliphatic heterocycles. The van der Waals surface area contributed by atoms with Crippen molar-refractivity contribution in [3.8, 4) is 0 Å². The summed E-state index contributed by atoms with van der Waals surface area (Å²) in [7, 11) is 0. The smallest absolute Gasteiger partial charge is 0.294 e. The van der Waals surface area contributed by atoms with E-state index in [0.29, 0.717) is 25.0 Å². The SMILES string of the molecule is O=C(c1cc(C(F)(F)F)ccc1F)C1CC2CCCC(C1)N2Cc1ccccc1. The monoisotopic (exact) mass is 405 g/mol. The van der Waals surface area contributed by atoms with E-state index < -0.39 is 34.8 Å². The molecule has 0 N–H and O–H groups in total. The Labute approximate surface area is 167 Å². The average Bonchev–Trinajstić information content (AvgIpc) is 2.67. The van der Waals surface area contributed by atoms with Crippen LogP contribution in [0.3, 0.4) is 0 Å². The fourth-order valence-corrected chi connectivity index (χ4v) is 4.86. The van der Waals surface area contributed by atoms with Crippen molar-refractivity contribution in [2.24, 2.45) is 5.92 Å². The van der Waals surface area contributed by atoms with Crippen LogP contribution in [-0.4, -0.2) is 22.8 Å². The third kappa shape index (κ3) is 4.22. The summed E-state index contributed by atoms with van der Waals surface area (Å²) in [5.41, 5.74) is -0.207. The maximum absolute atomic E-state index is 14.2. The molecule has 0 radical (unpaired) electrons. The quantitative estimate of drug-likeness (QED) is 0.469. The van der Waals surface area contributed by atoms with Gasteiger partial charge in [-0.15, -0.1) is 0 Å². The minimum absolute atomic E-state index is 0.200. The summed E-state index contributed by atoms with van der Waals surface area (Å²) < 4.78 is 53.3. The highest BCUT2D eigenvalue weighted by molar-refractivity contribution is 5.98. The largest absolute Gasteiger partial charge is 0.416 e. The first kappa shape index (κ1) is 20.1. The summed E-state index contributed by atoms with van der Waals surface area (Å²) in [6, 6.07) is 12.6. The van der Waals surface area contributed by atoms with Gasteiger partial charge in [-0.1, -0.05) is 36.8 Å². The fraction of sp³-hybridized carbons (Fsp3) is 0.435. The van der Waals surface area contributed by atoms with E-state index in [9.17, 15) is 22.4 Å². The van der Waals surface area contributed by atoms with Crippen LogP contribution in [0.4, 0.5) is 17.6 Å². The molecule has 2 aromatic carbocycles. The van der Waals surface area contributed by atoms with Gasteiger partial charge in [0.1, 0.15) is 5.82 Å². The number of piperidine rings is 2. The van der Waals surface area contributed by atoms with E-state index in [1.54, 1.807) is 0 Å². The Balaban J connectivity index is 1.54. The number of benzene rings is 2. The number of rotatable bonds is 4. The number of halogens is 4. The van der Waals surface area contributed by atoms with E-state index in [-0.39, 0.29) is 12.1 Å². The Hall–Kier alpha value is -2.21. The van der Waals surface area contributed by atoms with Gasteiger partial charge in [-0.05, 0) is 49.4 Å². The van der Waals surface area contributed by atoms with Crippen LogP contribution in [0.15, 0.2) is 48.5 Å². The van der Waals surface area contributed by atoms with E-state index in [4.69, 9.17) is 0 Å². The Morgan fingerprint density at radius 2 is 1.66 bits per heavy atom. The number of alkyl halides is 3. The van der Waals surface area contributed by atoms with Crippen molar-refractivity contribution in [2.75, 3.05) is 0 Å². The molecule has 6 heteroatoms. The van der Waals surface area contributed by atoms with Crippen molar-refractivity contribution in [3.63, 3.8) is 0 Å². The highest BCUT2D eigenvalue weighted by Crippen LogP contribution is 2.40. The van der Waals surface area contributed by atoms with Gasteiger partial charge in [-0.25, -0.2) is 4.39 Å². The number of carbonyl (C=O) groups excluding carboxylic acids is 1. The molecule has 2 nitrogen and oxygen atoms in total. The summed E-state index contributed by atoms with van der Waals surface area (Å²) in [5.74, 6) is -1.81. The lowest BCUT2D eigenvalue weighted by Crippen LogP contribution is -2.52. The Bertz CT molecular complexity index is 866. The molecule has 0 aliphatic carbocycles. The van der Waals surface area contributed by atoms with Crippen LogP contribution >= 0.6 is 0 Å². The highest BCUT2D eigenvalue weighted by Gasteiger charge is 2.41. The van der Waals surface area contributed by atoms with Crippen LogP contribution in [-0.2, 0) is 12.7 Å². The molecule has 2 atom stereocenters. The molecule has 154 valence electrons. The van der Waals surface area contributed by atoms with Gasteiger partial charge in [0.05, 0.1) is 11.1 Å². The second-order valence-corrected chi connectivity index (χ2v) is 8.12. The summed E-state index contributed by atoms with van der Waals surface area (Å²) in [4.78, 5) is 15.4. The second kappa shape index (κ2) is 7.90. The van der Waals surface area contributed by atoms with Gasteiger partial charge in [0.2, 0.25) is 0 Å². The molecule has 2 fully saturated rings. The summed E-state index contributed by atoms with van der Waals surface area (Å²) in [6.07, 6.45) is -0.468. The minimum Gasteiger partial charge on any atom is -0.294 e. The first-order valence-electron chi connectivity index (χ1n) is 10.0. The lowest BCUT2D eigenvalue weighted by molar-refractivity contribution is -0.137. The van der Waals surface area contributed by atoms with Gasteiger partial charge in [-0.2, -0.15) is 13.2 Å². The molecular formula is C23H23F4NO. The van der Waals surface area contributed by atoms with Crippen LogP contribution in [0.2, 0.25) is 0 Å². The van der Waals surface area contributed by atoms with Crippen molar-refractivity contribution < 1.29 is 22.4 Å². The van der Waals surface area contributed by atoms with Gasteiger partial charge in [0.15, 0.2) is 5.78 Å². The van der Waals surface area contributed by atoms with E-state index in [1.807, 2.05) is 18.2 Å². The first-order chi connectivity index (χ1) is 13.8. The van der Waals surface area contributed by atoms with Crippen LogP contribution < -0.4 is 0 Å². The predicted molar refractivity (Wildman–Crippen MR) is 102 cm³/mol. The zero-order valence-corrected chi connectivity index (χ0v) is 16.0. The van der Waals surface area contributed by atoms with Crippen LogP contribution in [0.1, 0.15) is 53.6 Å². The van der Waals surface area contributed by atoms with E-state index in [0.717, 1.165) is 31.9 Å². The summed E-state index contributed by atoms with van der Waals surface area (Å²) >= 11 is 0. The lowest BCUT2D eigenvalue weighted by Gasteiger charge is -2.48. The van der Waals surface area contributed by atoms with Crippen molar-refractivity contribution in [2.45, 2.75) is 56.9 Å². The molecule has 0 aromatic heterocycles. The molecule has 0 saturated carbocycles. The third-order valence-electron chi connectivity index (χ3n) is 6.26. The Morgan fingerprint density at radius 3 is 2.28 bits per heavy atom. The van der Waals surface area contributed by atoms with Gasteiger partial charge in [-0.3, -0.25) is 9.69 Å². The zero-order valence-electron chi connectivity index (χ0n) is 16.0. The van der Waals surface area contributed by atoms with E-state index >= 15 is 0 Å². The number of fused-ring (bicyclic) bond motifs is 2. The van der Waals surface area contributed by atoms with Crippen LogP contribution in [0.25, 0.3) is 0 Å². The van der Waals surface area contributed by atoms with E-state index in [2.05, 4.69) is 17.0 Å². The summed E-state index contributed by atoms with van der Waals surface area (Å²) in [5, 5.41) is 0. The molecule has 2 bridgehead atoms. The maximum Gasteiger partial charge on any atom is 0.416 e. The lowest BCUT2D eigenvalue weighted by atomic mass is 9.75. The molecule has 2 aliphatic rings. The molecule has 29 heavy (non-hydrogen) atoms. The highest BCUT2D eigenvalue weighted by atomic mass is 19.4. The molecule has 2 aromatic rings. The molecule has 4 rings (SSSR count). The first-order valence-corrected chi connectivity index (χ1v) is 10.0. The number of hydrogen-bond acceptors (Lipinski definition) is 2. The van der Waals surface area contributed by atoms with Crippen molar-refractivity contribution in [3.05, 3.63) is 71.0 Å². The number of ketones is 1. The molecule has 2 unspecified atom stereocenters. The predicted octanol–water partition coefficient (Wildman–Crippen LogP) is 5.86. The third-order valence-corrected chi connectivity index (χ3v) is 6.26. The van der Waals surface area contributed by atoms with Gasteiger partial charge >= 0.3 is 6.18 Å². The summed E-state index contributed by atoms with van der Waals surface area (Å²) in [6.45, 7) is 0.801. The number of nitrogens with zero attached hydrogens (tertiary/aromatic N) is 1. The number of carbonyl (C=O) groups is 1. The maximum atomic E-state index is 14.2. The van der Waals surface area contributed by atoms with E-state index in [1.165, 1.54) is 5.56 Å². The molecule has 0 amide bonds. The van der Waals surface area contributed by atoms with Gasteiger partial charge < -0.3 is 0 Å². The normalized spacial score (nSPS) is 25.0. The van der Waals surface area contributed by atoms with Gasteiger partial charge in [0.25, 0.3) is 0 Å². The van der Waals surface area contributed by atoms with Crippen molar-refractivity contribution >= 4 is 5.78 Å². The standard InChI is InChI=1S/C23H23F4NO/c24-21-10-9-17(23(25,26)27)13-20(21)22(29)16-11-18-7-4-8-19(12-16)28(18)14-15-5-2-1-3-6-15/h1-3,5-6,9-10,13,16,18-19H,4,7-8,11-12,14H2. The molecule has 0 spiro atoms. The Kier molecular flexibility index (Phi) is 5.47. The van der Waals surface area contributed by atoms with Crippen LogP contribution in [0.5, 0.6) is 0 Å². The topological polar surface area (TPSA) is 20.3 Å². The van der Waals surface area contributed by atoms with Gasteiger partial charge in [0, 0.05) is 24.5 Å². The molecular weight excluding hydrogens is 382 g/mol. The average molecular weight is 405 g/mol. The number of hydrogen-bond donors (Lipinski definition) is 0. The van der Waals surface area contributed by atoms with Crippen molar-refractivity contribution in [1.82, 2.24) is 4.90 Å². The van der Waals surface area contributed by atoms with Crippen LogP contribution in [0, 0.1) is 11.7 Å². The molecule has 2 heterocycles.